The van der Waals surface area contributed by atoms with Gasteiger partial charge in [0, 0.05) is 30.6 Å². The standard InChI is InChI=1S/C11H15NOS/c1-9-6-12(5-2-10(9)13)7-11(8-14)3-4-11/h2,5-6,14H,3-4,7-8H2,1H3. The molecule has 0 unspecified atom stereocenters. The Morgan fingerprint density at radius 3 is 2.79 bits per heavy atom. The summed E-state index contributed by atoms with van der Waals surface area (Å²) >= 11 is 4.37. The predicted molar refractivity (Wildman–Crippen MR) is 61.0 cm³/mol. The van der Waals surface area contributed by atoms with Gasteiger partial charge in [-0.3, -0.25) is 4.79 Å². The van der Waals surface area contributed by atoms with Crippen LogP contribution in [0.4, 0.5) is 0 Å². The number of hydrogen-bond acceptors (Lipinski definition) is 2. The Bertz CT molecular complexity index is 393. The summed E-state index contributed by atoms with van der Waals surface area (Å²) in [5.74, 6) is 0.943. The van der Waals surface area contributed by atoms with E-state index in [0.29, 0.717) is 5.41 Å². The Hall–Kier alpha value is -0.700. The van der Waals surface area contributed by atoms with Crippen LogP contribution in [-0.4, -0.2) is 10.3 Å². The van der Waals surface area contributed by atoms with Crippen LogP contribution in [0.5, 0.6) is 0 Å². The molecule has 0 saturated heterocycles. The predicted octanol–water partition coefficient (Wildman–Crippen LogP) is 1.87. The maximum atomic E-state index is 11.2. The Balaban J connectivity index is 2.18. The van der Waals surface area contributed by atoms with E-state index in [0.717, 1.165) is 17.9 Å². The summed E-state index contributed by atoms with van der Waals surface area (Å²) in [6, 6.07) is 1.64. The molecule has 2 nitrogen and oxygen atoms in total. The van der Waals surface area contributed by atoms with E-state index in [2.05, 4.69) is 17.2 Å². The molecule has 1 aliphatic carbocycles. The Kier molecular flexibility index (Phi) is 2.43. The third-order valence-corrected chi connectivity index (χ3v) is 3.65. The first kappa shape index (κ1) is 9.84. The smallest absolute Gasteiger partial charge is 0.184 e. The van der Waals surface area contributed by atoms with Crippen LogP contribution in [0.1, 0.15) is 18.4 Å². The molecular weight excluding hydrogens is 194 g/mol. The van der Waals surface area contributed by atoms with Crippen molar-refractivity contribution in [2.75, 3.05) is 5.75 Å². The molecule has 0 amide bonds. The van der Waals surface area contributed by atoms with E-state index in [1.807, 2.05) is 19.3 Å². The molecule has 0 bridgehead atoms. The number of aryl methyl sites for hydroxylation is 1. The first-order valence-electron chi connectivity index (χ1n) is 4.93. The van der Waals surface area contributed by atoms with E-state index in [1.165, 1.54) is 12.8 Å². The molecule has 1 aromatic rings. The lowest BCUT2D eigenvalue weighted by Crippen LogP contribution is -2.16. The molecule has 1 fully saturated rings. The minimum atomic E-state index is 0.122. The lowest BCUT2D eigenvalue weighted by molar-refractivity contribution is 0.471. The van der Waals surface area contributed by atoms with Gasteiger partial charge in [0.2, 0.25) is 0 Å². The zero-order valence-corrected chi connectivity index (χ0v) is 9.26. The second kappa shape index (κ2) is 3.46. The number of pyridine rings is 1. The number of thiol groups is 1. The molecular formula is C11H15NOS. The molecule has 3 heteroatoms. The van der Waals surface area contributed by atoms with Gasteiger partial charge in [0.05, 0.1) is 0 Å². The zero-order chi connectivity index (χ0) is 10.2. The molecule has 0 aromatic carbocycles. The summed E-state index contributed by atoms with van der Waals surface area (Å²) in [5, 5.41) is 0. The minimum Gasteiger partial charge on any atom is -0.353 e. The number of nitrogens with zero attached hydrogens (tertiary/aromatic N) is 1. The molecule has 1 aliphatic rings. The van der Waals surface area contributed by atoms with E-state index in [1.54, 1.807) is 6.07 Å². The van der Waals surface area contributed by atoms with Gasteiger partial charge in [0.1, 0.15) is 0 Å². The van der Waals surface area contributed by atoms with Crippen molar-refractivity contribution in [2.24, 2.45) is 5.41 Å². The van der Waals surface area contributed by atoms with Crippen molar-refractivity contribution in [1.29, 1.82) is 0 Å². The van der Waals surface area contributed by atoms with Crippen molar-refractivity contribution < 1.29 is 0 Å². The number of hydrogen-bond donors (Lipinski definition) is 1. The molecule has 0 aliphatic heterocycles. The highest BCUT2D eigenvalue weighted by molar-refractivity contribution is 7.80. The van der Waals surface area contributed by atoms with Gasteiger partial charge in [0.15, 0.2) is 5.43 Å². The van der Waals surface area contributed by atoms with E-state index in [9.17, 15) is 4.79 Å². The van der Waals surface area contributed by atoms with Crippen LogP contribution < -0.4 is 5.43 Å². The topological polar surface area (TPSA) is 22.0 Å². The Morgan fingerprint density at radius 2 is 2.29 bits per heavy atom. The fourth-order valence-electron chi connectivity index (χ4n) is 1.68. The van der Waals surface area contributed by atoms with E-state index in [-0.39, 0.29) is 5.43 Å². The highest BCUT2D eigenvalue weighted by Gasteiger charge is 2.41. The highest BCUT2D eigenvalue weighted by atomic mass is 32.1. The van der Waals surface area contributed by atoms with Gasteiger partial charge in [-0.05, 0) is 30.9 Å². The first-order chi connectivity index (χ1) is 6.65. The fraction of sp³-hybridized carbons (Fsp3) is 0.545. The Morgan fingerprint density at radius 1 is 1.57 bits per heavy atom. The van der Waals surface area contributed by atoms with E-state index < -0.39 is 0 Å². The van der Waals surface area contributed by atoms with Crippen molar-refractivity contribution in [3.63, 3.8) is 0 Å². The molecule has 1 aromatic heterocycles. The zero-order valence-electron chi connectivity index (χ0n) is 8.36. The van der Waals surface area contributed by atoms with Crippen LogP contribution in [0.15, 0.2) is 23.3 Å². The molecule has 1 saturated carbocycles. The molecule has 0 atom stereocenters. The monoisotopic (exact) mass is 209 g/mol. The molecule has 14 heavy (non-hydrogen) atoms. The van der Waals surface area contributed by atoms with Crippen molar-refractivity contribution >= 4 is 12.6 Å². The summed E-state index contributed by atoms with van der Waals surface area (Å²) < 4.78 is 2.11. The Labute approximate surface area is 89.4 Å². The van der Waals surface area contributed by atoms with Crippen LogP contribution in [-0.2, 0) is 6.54 Å². The first-order valence-corrected chi connectivity index (χ1v) is 5.56. The third-order valence-electron chi connectivity index (χ3n) is 2.98. The van der Waals surface area contributed by atoms with Gasteiger partial charge in [-0.1, -0.05) is 0 Å². The van der Waals surface area contributed by atoms with Gasteiger partial charge in [-0.25, -0.2) is 0 Å². The maximum Gasteiger partial charge on any atom is 0.184 e. The van der Waals surface area contributed by atoms with Gasteiger partial charge in [-0.15, -0.1) is 0 Å². The third kappa shape index (κ3) is 1.87. The van der Waals surface area contributed by atoms with Crippen molar-refractivity contribution in [3.05, 3.63) is 34.2 Å². The van der Waals surface area contributed by atoms with Gasteiger partial charge < -0.3 is 4.57 Å². The lowest BCUT2D eigenvalue weighted by atomic mass is 10.1. The molecule has 0 spiro atoms. The largest absolute Gasteiger partial charge is 0.353 e. The molecule has 1 heterocycles. The summed E-state index contributed by atoms with van der Waals surface area (Å²) in [6.45, 7) is 2.86. The number of rotatable bonds is 3. The van der Waals surface area contributed by atoms with Crippen LogP contribution in [0.3, 0.4) is 0 Å². The average molecular weight is 209 g/mol. The maximum absolute atomic E-state index is 11.2. The van der Waals surface area contributed by atoms with E-state index in [4.69, 9.17) is 0 Å². The fourth-order valence-corrected chi connectivity index (χ4v) is 2.10. The highest BCUT2D eigenvalue weighted by Crippen LogP contribution is 2.47. The molecule has 0 radical (unpaired) electrons. The van der Waals surface area contributed by atoms with Crippen LogP contribution in [0.2, 0.25) is 0 Å². The average Bonchev–Trinajstić information content (AvgIpc) is 2.93. The summed E-state index contributed by atoms with van der Waals surface area (Å²) in [4.78, 5) is 11.2. The van der Waals surface area contributed by atoms with Crippen molar-refractivity contribution in [3.8, 4) is 0 Å². The van der Waals surface area contributed by atoms with Gasteiger partial charge >= 0.3 is 0 Å². The van der Waals surface area contributed by atoms with Crippen LogP contribution >= 0.6 is 12.6 Å². The second-order valence-corrected chi connectivity index (χ2v) is 4.64. The van der Waals surface area contributed by atoms with E-state index >= 15 is 0 Å². The van der Waals surface area contributed by atoms with Gasteiger partial charge in [-0.2, -0.15) is 12.6 Å². The number of aromatic nitrogens is 1. The second-order valence-electron chi connectivity index (χ2n) is 4.32. The lowest BCUT2D eigenvalue weighted by Gasteiger charge is -2.14. The molecule has 2 rings (SSSR count). The molecule has 76 valence electrons. The molecule has 0 N–H and O–H groups in total. The SMILES string of the molecule is Cc1cn(CC2(CS)CC2)ccc1=O. The quantitative estimate of drug-likeness (QED) is 0.754. The van der Waals surface area contributed by atoms with Gasteiger partial charge in [0.25, 0.3) is 0 Å². The van der Waals surface area contributed by atoms with Crippen molar-refractivity contribution in [1.82, 2.24) is 4.57 Å². The minimum absolute atomic E-state index is 0.122. The summed E-state index contributed by atoms with van der Waals surface area (Å²) in [6.07, 6.45) is 6.34. The summed E-state index contributed by atoms with van der Waals surface area (Å²) in [7, 11) is 0. The van der Waals surface area contributed by atoms with Crippen molar-refractivity contribution in [2.45, 2.75) is 26.3 Å². The van der Waals surface area contributed by atoms with Crippen LogP contribution in [0.25, 0.3) is 0 Å². The van der Waals surface area contributed by atoms with Crippen LogP contribution in [0, 0.1) is 12.3 Å². The normalized spacial score (nSPS) is 18.1. The summed E-state index contributed by atoms with van der Waals surface area (Å²) in [5.41, 5.74) is 1.35.